The fourth-order valence-electron chi connectivity index (χ4n) is 1.85. The molecule has 1 amide bonds. The number of carbonyl (C=O) groups is 3. The number of hydrogen-bond donors (Lipinski definition) is 4. The first-order valence-electron chi connectivity index (χ1n) is 6.61. The fraction of sp³-hybridized carbons (Fsp3) is 0.538. The number of carbonyl (C=O) groups excluding carboxylic acids is 2. The second-order valence-electron chi connectivity index (χ2n) is 4.73. The summed E-state index contributed by atoms with van der Waals surface area (Å²) in [5.41, 5.74) is 0.745. The number of carboxylic acids is 1. The molecule has 4 N–H and O–H groups in total. The van der Waals surface area contributed by atoms with Gasteiger partial charge < -0.3 is 20.7 Å². The number of Topliss-reactive ketones (excluding diaryl/α,β-unsaturated/α-hetero) is 1. The third kappa shape index (κ3) is 5.74. The fourth-order valence-corrected chi connectivity index (χ4v) is 1.85. The van der Waals surface area contributed by atoms with Crippen LogP contribution in [0.3, 0.4) is 0 Å². The largest absolute Gasteiger partial charge is 0.480 e. The first-order valence-corrected chi connectivity index (χ1v) is 6.61. The van der Waals surface area contributed by atoms with E-state index in [-0.39, 0.29) is 24.5 Å². The summed E-state index contributed by atoms with van der Waals surface area (Å²) in [6.07, 6.45) is 3.61. The minimum absolute atomic E-state index is 0.0323. The number of nitrogens with one attached hydrogen (secondary N) is 3. The number of amides is 1. The zero-order chi connectivity index (χ0) is 15.8. The van der Waals surface area contributed by atoms with E-state index in [2.05, 4.69) is 20.6 Å². The monoisotopic (exact) mass is 296 g/mol. The smallest absolute Gasteiger partial charge is 0.320 e. The molecule has 0 spiro atoms. The van der Waals surface area contributed by atoms with Crippen molar-refractivity contribution >= 4 is 17.7 Å². The normalized spacial score (nSPS) is 13.4. The van der Waals surface area contributed by atoms with Gasteiger partial charge in [-0.1, -0.05) is 0 Å². The topological polar surface area (TPSA) is 124 Å². The maximum absolute atomic E-state index is 11.8. The van der Waals surface area contributed by atoms with Crippen molar-refractivity contribution < 1.29 is 19.5 Å². The number of rotatable bonds is 9. The zero-order valence-corrected chi connectivity index (χ0v) is 12.0. The molecule has 0 aliphatic rings. The molecular formula is C13H20N4O4. The third-order valence-electron chi connectivity index (χ3n) is 3.11. The predicted octanol–water partition coefficient (Wildman–Crippen LogP) is -0.521. The van der Waals surface area contributed by atoms with Crippen LogP contribution in [0.2, 0.25) is 0 Å². The Labute approximate surface area is 122 Å². The summed E-state index contributed by atoms with van der Waals surface area (Å²) in [5, 5.41) is 14.1. The van der Waals surface area contributed by atoms with Gasteiger partial charge in [0.15, 0.2) is 5.78 Å². The highest BCUT2D eigenvalue weighted by Crippen LogP contribution is 2.02. The lowest BCUT2D eigenvalue weighted by Crippen LogP contribution is -2.42. The first-order chi connectivity index (χ1) is 9.93. The number of aromatic amines is 1. The molecule has 0 fully saturated rings. The maximum Gasteiger partial charge on any atom is 0.320 e. The second kappa shape index (κ2) is 8.15. The standard InChI is InChI=1S/C13H20N4O4/c1-8(18)11(5-9-6-15-7-16-9)17-12(19)4-3-10(14-2)13(20)21/h6-7,10-11,14H,3-5H2,1-2H3,(H,15,16)(H,17,19)(H,20,21). The maximum atomic E-state index is 11.8. The van der Waals surface area contributed by atoms with Crippen LogP contribution >= 0.6 is 0 Å². The SMILES string of the molecule is CNC(CCC(=O)NC(Cc1cnc[nH]1)C(C)=O)C(=O)O. The molecule has 21 heavy (non-hydrogen) atoms. The van der Waals surface area contributed by atoms with E-state index in [1.54, 1.807) is 6.20 Å². The molecule has 0 saturated carbocycles. The number of ketones is 1. The number of aliphatic carboxylic acids is 1. The van der Waals surface area contributed by atoms with Crippen molar-refractivity contribution in [2.24, 2.45) is 0 Å². The van der Waals surface area contributed by atoms with Crippen molar-refractivity contribution in [2.45, 2.75) is 38.3 Å². The van der Waals surface area contributed by atoms with E-state index in [1.807, 2.05) is 0 Å². The quantitative estimate of drug-likeness (QED) is 0.486. The van der Waals surface area contributed by atoms with Crippen molar-refractivity contribution in [2.75, 3.05) is 7.05 Å². The Kier molecular flexibility index (Phi) is 6.54. The van der Waals surface area contributed by atoms with Crippen LogP contribution < -0.4 is 10.6 Å². The van der Waals surface area contributed by atoms with Crippen molar-refractivity contribution in [3.8, 4) is 0 Å². The van der Waals surface area contributed by atoms with Crippen LogP contribution in [0, 0.1) is 0 Å². The summed E-state index contributed by atoms with van der Waals surface area (Å²) >= 11 is 0. The summed E-state index contributed by atoms with van der Waals surface area (Å²) in [7, 11) is 1.52. The number of carboxylic acid groups (broad SMARTS) is 1. The Bertz CT molecular complexity index is 486. The molecule has 116 valence electrons. The average Bonchev–Trinajstić information content (AvgIpc) is 2.91. The van der Waals surface area contributed by atoms with Crippen LogP contribution in [0.1, 0.15) is 25.5 Å². The van der Waals surface area contributed by atoms with Crippen LogP contribution in [0.25, 0.3) is 0 Å². The highest BCUT2D eigenvalue weighted by Gasteiger charge is 2.20. The number of hydrogen-bond acceptors (Lipinski definition) is 5. The van der Waals surface area contributed by atoms with Crippen molar-refractivity contribution in [3.63, 3.8) is 0 Å². The summed E-state index contributed by atoms with van der Waals surface area (Å²) in [6.45, 7) is 1.40. The van der Waals surface area contributed by atoms with Gasteiger partial charge in [0.1, 0.15) is 6.04 Å². The average molecular weight is 296 g/mol. The summed E-state index contributed by atoms with van der Waals surface area (Å²) in [5.74, 6) is -1.52. The van der Waals surface area contributed by atoms with Gasteiger partial charge in [0, 0.05) is 24.7 Å². The summed E-state index contributed by atoms with van der Waals surface area (Å²) in [6, 6.07) is -1.42. The predicted molar refractivity (Wildman–Crippen MR) is 74.6 cm³/mol. The molecule has 0 saturated heterocycles. The van der Waals surface area contributed by atoms with Gasteiger partial charge in [-0.2, -0.15) is 0 Å². The van der Waals surface area contributed by atoms with Gasteiger partial charge in [-0.05, 0) is 20.4 Å². The van der Waals surface area contributed by atoms with Crippen LogP contribution in [-0.4, -0.2) is 51.9 Å². The highest BCUT2D eigenvalue weighted by atomic mass is 16.4. The van der Waals surface area contributed by atoms with Crippen LogP contribution in [-0.2, 0) is 20.8 Å². The molecule has 2 atom stereocenters. The van der Waals surface area contributed by atoms with E-state index in [0.29, 0.717) is 6.42 Å². The van der Waals surface area contributed by atoms with E-state index in [0.717, 1.165) is 5.69 Å². The Morgan fingerprint density at radius 3 is 2.57 bits per heavy atom. The summed E-state index contributed by atoms with van der Waals surface area (Å²) < 4.78 is 0. The molecule has 1 rings (SSSR count). The van der Waals surface area contributed by atoms with Gasteiger partial charge in [0.05, 0.1) is 12.4 Å². The minimum atomic E-state index is -1.01. The van der Waals surface area contributed by atoms with E-state index in [9.17, 15) is 14.4 Å². The van der Waals surface area contributed by atoms with Crippen molar-refractivity contribution in [1.82, 2.24) is 20.6 Å². The Hall–Kier alpha value is -2.22. The number of nitrogens with zero attached hydrogens (tertiary/aromatic N) is 1. The van der Waals surface area contributed by atoms with Crippen LogP contribution in [0.4, 0.5) is 0 Å². The van der Waals surface area contributed by atoms with E-state index in [4.69, 9.17) is 5.11 Å². The lowest BCUT2D eigenvalue weighted by Gasteiger charge is -2.16. The van der Waals surface area contributed by atoms with Gasteiger partial charge in [-0.15, -0.1) is 0 Å². The first kappa shape index (κ1) is 16.8. The molecule has 8 heteroatoms. The van der Waals surface area contributed by atoms with Crippen LogP contribution in [0.15, 0.2) is 12.5 Å². The van der Waals surface area contributed by atoms with Crippen molar-refractivity contribution in [1.29, 1.82) is 0 Å². The molecule has 2 unspecified atom stereocenters. The molecule has 1 aromatic heterocycles. The molecular weight excluding hydrogens is 276 g/mol. The molecule has 0 aliphatic carbocycles. The molecule has 0 bridgehead atoms. The number of imidazole rings is 1. The Morgan fingerprint density at radius 1 is 1.38 bits per heavy atom. The molecule has 0 radical (unpaired) electrons. The highest BCUT2D eigenvalue weighted by molar-refractivity contribution is 5.87. The van der Waals surface area contributed by atoms with Crippen LogP contribution in [0.5, 0.6) is 0 Å². The lowest BCUT2D eigenvalue weighted by atomic mass is 10.1. The molecule has 8 nitrogen and oxygen atoms in total. The second-order valence-corrected chi connectivity index (χ2v) is 4.73. The number of H-pyrrole nitrogens is 1. The lowest BCUT2D eigenvalue weighted by molar-refractivity contribution is -0.139. The number of likely N-dealkylation sites (N-methyl/N-ethyl adjacent to an activating group) is 1. The zero-order valence-electron chi connectivity index (χ0n) is 12.0. The van der Waals surface area contributed by atoms with Crippen molar-refractivity contribution in [3.05, 3.63) is 18.2 Å². The van der Waals surface area contributed by atoms with Gasteiger partial charge >= 0.3 is 5.97 Å². The van der Waals surface area contributed by atoms with E-state index in [1.165, 1.54) is 20.3 Å². The van der Waals surface area contributed by atoms with Gasteiger partial charge in [0.25, 0.3) is 0 Å². The molecule has 1 aromatic rings. The van der Waals surface area contributed by atoms with E-state index >= 15 is 0 Å². The molecule has 1 heterocycles. The van der Waals surface area contributed by atoms with Gasteiger partial charge in [-0.25, -0.2) is 4.98 Å². The summed E-state index contributed by atoms with van der Waals surface area (Å²) in [4.78, 5) is 40.9. The Morgan fingerprint density at radius 2 is 2.10 bits per heavy atom. The number of aromatic nitrogens is 2. The Balaban J connectivity index is 2.49. The molecule has 0 aliphatic heterocycles. The minimum Gasteiger partial charge on any atom is -0.480 e. The van der Waals surface area contributed by atoms with Gasteiger partial charge in [-0.3, -0.25) is 14.4 Å². The third-order valence-corrected chi connectivity index (χ3v) is 3.11. The van der Waals surface area contributed by atoms with Gasteiger partial charge in [0.2, 0.25) is 5.91 Å². The molecule has 0 aromatic carbocycles. The van der Waals surface area contributed by atoms with E-state index < -0.39 is 18.1 Å².